The molecule has 0 aliphatic rings. The molecule has 0 unspecified atom stereocenters. The highest BCUT2D eigenvalue weighted by Gasteiger charge is 2.11. The van der Waals surface area contributed by atoms with Gasteiger partial charge >= 0.3 is 0 Å². The summed E-state index contributed by atoms with van der Waals surface area (Å²) in [6.07, 6.45) is 3.31. The second-order valence-corrected chi connectivity index (χ2v) is 5.38. The van der Waals surface area contributed by atoms with E-state index in [9.17, 15) is 0 Å². The van der Waals surface area contributed by atoms with Gasteiger partial charge in [0.2, 0.25) is 5.89 Å². The number of thioether (sulfide) groups is 1. The number of nitrogens with zero attached hydrogens (tertiary/aromatic N) is 3. The number of aromatic nitrogens is 3. The highest BCUT2D eigenvalue weighted by Crippen LogP contribution is 2.28. The number of pyridine rings is 1. The van der Waals surface area contributed by atoms with E-state index in [0.717, 1.165) is 9.50 Å². The van der Waals surface area contributed by atoms with Gasteiger partial charge in [0, 0.05) is 10.7 Å². The smallest absolute Gasteiger partial charge is 0.283 e. The van der Waals surface area contributed by atoms with E-state index in [-0.39, 0.29) is 0 Å². The first-order valence-electron chi connectivity index (χ1n) is 5.42. The largest absolute Gasteiger partial charge is 0.459 e. The zero-order valence-electron chi connectivity index (χ0n) is 9.62. The lowest BCUT2D eigenvalue weighted by atomic mass is 10.5. The molecule has 0 bridgehead atoms. The van der Waals surface area contributed by atoms with Gasteiger partial charge in [-0.3, -0.25) is 0 Å². The van der Waals surface area contributed by atoms with Crippen molar-refractivity contribution in [3.05, 3.63) is 47.1 Å². The molecule has 0 amide bonds. The molecule has 0 aliphatic heterocycles. The first-order chi connectivity index (χ1) is 9.33. The van der Waals surface area contributed by atoms with E-state index in [1.807, 2.05) is 12.1 Å². The van der Waals surface area contributed by atoms with Crippen LogP contribution in [0.4, 0.5) is 0 Å². The van der Waals surface area contributed by atoms with Gasteiger partial charge in [-0.1, -0.05) is 11.8 Å². The van der Waals surface area contributed by atoms with Crippen LogP contribution in [0.3, 0.4) is 0 Å². The minimum atomic E-state index is 0.390. The number of hydrogen-bond donors (Lipinski definition) is 0. The molecule has 0 saturated heterocycles. The van der Waals surface area contributed by atoms with Crippen molar-refractivity contribution in [2.45, 2.75) is 10.8 Å². The molecule has 7 heteroatoms. The molecule has 3 rings (SSSR count). The third kappa shape index (κ3) is 2.87. The van der Waals surface area contributed by atoms with Crippen molar-refractivity contribution in [1.82, 2.24) is 15.2 Å². The molecule has 3 aromatic rings. The van der Waals surface area contributed by atoms with Crippen LogP contribution in [0.15, 0.2) is 55.1 Å². The second kappa shape index (κ2) is 5.58. The van der Waals surface area contributed by atoms with Gasteiger partial charge in [-0.05, 0) is 40.2 Å². The maximum atomic E-state index is 5.51. The molecule has 0 fully saturated rings. The zero-order valence-corrected chi connectivity index (χ0v) is 12.0. The summed E-state index contributed by atoms with van der Waals surface area (Å²) in [5.41, 5.74) is 0. The minimum absolute atomic E-state index is 0.390. The summed E-state index contributed by atoms with van der Waals surface area (Å²) in [7, 11) is 0. The average Bonchev–Trinajstić information content (AvgIpc) is 3.09. The van der Waals surface area contributed by atoms with Crippen LogP contribution in [0.5, 0.6) is 0 Å². The lowest BCUT2D eigenvalue weighted by Crippen LogP contribution is -1.84. The molecular formula is C12H8BrN3O2S. The zero-order chi connectivity index (χ0) is 13.1. The summed E-state index contributed by atoms with van der Waals surface area (Å²) in [5, 5.41) is 8.80. The number of hydrogen-bond acceptors (Lipinski definition) is 6. The maximum absolute atomic E-state index is 5.51. The Bertz CT molecular complexity index is 669. The van der Waals surface area contributed by atoms with Crippen molar-refractivity contribution < 1.29 is 8.83 Å². The van der Waals surface area contributed by atoms with Gasteiger partial charge < -0.3 is 8.83 Å². The molecule has 0 aliphatic carbocycles. The second-order valence-electron chi connectivity index (χ2n) is 3.56. The first-order valence-corrected chi connectivity index (χ1v) is 7.20. The summed E-state index contributed by atoms with van der Waals surface area (Å²) in [6, 6.07) is 7.37. The van der Waals surface area contributed by atoms with Crippen molar-refractivity contribution in [2.24, 2.45) is 0 Å². The van der Waals surface area contributed by atoms with E-state index in [1.54, 1.807) is 24.6 Å². The van der Waals surface area contributed by atoms with E-state index in [2.05, 4.69) is 31.1 Å². The first kappa shape index (κ1) is 12.4. The van der Waals surface area contributed by atoms with E-state index in [4.69, 9.17) is 8.83 Å². The predicted molar refractivity (Wildman–Crippen MR) is 73.5 cm³/mol. The minimum Gasteiger partial charge on any atom is -0.459 e. The van der Waals surface area contributed by atoms with Crippen LogP contribution in [0.2, 0.25) is 0 Å². The molecule has 3 aromatic heterocycles. The molecular weight excluding hydrogens is 330 g/mol. The van der Waals surface area contributed by atoms with Crippen molar-refractivity contribution >= 4 is 27.7 Å². The average molecular weight is 338 g/mol. The Morgan fingerprint density at radius 3 is 2.95 bits per heavy atom. The molecule has 0 atom stereocenters. The van der Waals surface area contributed by atoms with Crippen LogP contribution in [0.1, 0.15) is 5.89 Å². The Morgan fingerprint density at radius 1 is 1.21 bits per heavy atom. The van der Waals surface area contributed by atoms with E-state index >= 15 is 0 Å². The monoisotopic (exact) mass is 337 g/mol. The number of halogens is 1. The number of furan rings is 1. The topological polar surface area (TPSA) is 65.0 Å². The van der Waals surface area contributed by atoms with E-state index in [1.165, 1.54) is 11.8 Å². The molecule has 0 N–H and O–H groups in total. The van der Waals surface area contributed by atoms with Gasteiger partial charge in [-0.25, -0.2) is 4.98 Å². The Morgan fingerprint density at radius 2 is 2.16 bits per heavy atom. The molecule has 0 saturated carbocycles. The Kier molecular flexibility index (Phi) is 3.65. The summed E-state index contributed by atoms with van der Waals surface area (Å²) < 4.78 is 11.7. The van der Waals surface area contributed by atoms with Crippen molar-refractivity contribution in [3.63, 3.8) is 0 Å². The van der Waals surface area contributed by atoms with Gasteiger partial charge in [-0.15, -0.1) is 10.2 Å². The quantitative estimate of drug-likeness (QED) is 0.675. The molecule has 3 heterocycles. The maximum Gasteiger partial charge on any atom is 0.283 e. The van der Waals surface area contributed by atoms with Crippen LogP contribution in [-0.4, -0.2) is 15.2 Å². The Labute approximate surface area is 121 Å². The van der Waals surface area contributed by atoms with Crippen LogP contribution in [0.25, 0.3) is 11.7 Å². The fourth-order valence-electron chi connectivity index (χ4n) is 1.42. The van der Waals surface area contributed by atoms with Gasteiger partial charge in [0.05, 0.1) is 12.0 Å². The summed E-state index contributed by atoms with van der Waals surface area (Å²) >= 11 is 4.97. The molecule has 0 radical (unpaired) electrons. The van der Waals surface area contributed by atoms with E-state index in [0.29, 0.717) is 23.3 Å². The Balaban J connectivity index is 1.70. The summed E-state index contributed by atoms with van der Waals surface area (Å²) in [4.78, 5) is 4.26. The lowest BCUT2D eigenvalue weighted by Gasteiger charge is -1.99. The third-order valence-electron chi connectivity index (χ3n) is 2.26. The number of rotatable bonds is 4. The molecule has 5 nitrogen and oxygen atoms in total. The predicted octanol–water partition coefficient (Wildman–Crippen LogP) is 3.78. The highest BCUT2D eigenvalue weighted by molar-refractivity contribution is 9.10. The van der Waals surface area contributed by atoms with Crippen molar-refractivity contribution in [2.75, 3.05) is 0 Å². The third-order valence-corrected chi connectivity index (χ3v) is 4.15. The van der Waals surface area contributed by atoms with Crippen LogP contribution in [-0.2, 0) is 5.75 Å². The van der Waals surface area contributed by atoms with Crippen molar-refractivity contribution in [1.29, 1.82) is 0 Å². The van der Waals surface area contributed by atoms with Crippen molar-refractivity contribution in [3.8, 4) is 11.7 Å². The molecule has 0 spiro atoms. The highest BCUT2D eigenvalue weighted by atomic mass is 79.9. The molecule has 19 heavy (non-hydrogen) atoms. The fraction of sp³-hybridized carbons (Fsp3) is 0.0833. The Hall–Kier alpha value is -1.60. The normalized spacial score (nSPS) is 10.8. The fourth-order valence-corrected chi connectivity index (χ4v) is 2.74. The van der Waals surface area contributed by atoms with Crippen LogP contribution in [0, 0.1) is 0 Å². The SMILES string of the molecule is Brc1cccnc1SCc1nnc(-c2ccco2)o1. The van der Waals surface area contributed by atoms with Crippen LogP contribution >= 0.6 is 27.7 Å². The standard InChI is InChI=1S/C12H8BrN3O2S/c13-8-3-1-5-14-12(8)19-7-10-15-16-11(18-10)9-4-2-6-17-9/h1-6H,7H2. The summed E-state index contributed by atoms with van der Waals surface area (Å²) in [6.45, 7) is 0. The summed E-state index contributed by atoms with van der Waals surface area (Å²) in [5.74, 6) is 2.06. The van der Waals surface area contributed by atoms with Gasteiger partial charge in [0.25, 0.3) is 5.89 Å². The molecule has 96 valence electrons. The van der Waals surface area contributed by atoms with E-state index < -0.39 is 0 Å². The van der Waals surface area contributed by atoms with Gasteiger partial charge in [0.1, 0.15) is 5.03 Å². The van der Waals surface area contributed by atoms with Gasteiger partial charge in [-0.2, -0.15) is 0 Å². The van der Waals surface area contributed by atoms with Gasteiger partial charge in [0.15, 0.2) is 5.76 Å². The lowest BCUT2D eigenvalue weighted by molar-refractivity contribution is 0.494. The molecule has 0 aromatic carbocycles. The van der Waals surface area contributed by atoms with Crippen LogP contribution < -0.4 is 0 Å².